The molecule has 4 heteroatoms. The molecular weight excluding hydrogens is 196 g/mol. The first-order valence-corrected chi connectivity index (χ1v) is 3.52. The van der Waals surface area contributed by atoms with E-state index >= 15 is 0 Å². The van der Waals surface area contributed by atoms with E-state index in [4.69, 9.17) is 0 Å². The molecule has 10 heavy (non-hydrogen) atoms. The predicted molar refractivity (Wildman–Crippen MR) is 41.4 cm³/mol. The Labute approximate surface area is 66.6 Å². The number of nitrogens with zero attached hydrogens (tertiary/aromatic N) is 2. The Balaban J connectivity index is 2.84. The van der Waals surface area contributed by atoms with Crippen molar-refractivity contribution in [3.8, 4) is 0 Å². The minimum atomic E-state index is 0.209. The highest BCUT2D eigenvalue weighted by Gasteiger charge is 1.92. The maximum absolute atomic E-state index is 9.80. The van der Waals surface area contributed by atoms with Gasteiger partial charge in [0.2, 0.25) is 0 Å². The summed E-state index contributed by atoms with van der Waals surface area (Å²) in [5.74, 6) is 0. The number of pyridine rings is 1. The zero-order valence-corrected chi connectivity index (χ0v) is 6.71. The van der Waals surface area contributed by atoms with E-state index in [0.29, 0.717) is 0 Å². The highest BCUT2D eigenvalue weighted by Crippen LogP contribution is 2.08. The lowest BCUT2D eigenvalue weighted by molar-refractivity contribution is 1.04. The Morgan fingerprint density at radius 1 is 1.70 bits per heavy atom. The molecule has 1 aromatic heterocycles. The van der Waals surface area contributed by atoms with E-state index in [0.717, 1.165) is 10.2 Å². The number of hydrogen-bond donors (Lipinski definition) is 0. The second-order valence-corrected chi connectivity index (χ2v) is 2.59. The van der Waals surface area contributed by atoms with Crippen molar-refractivity contribution in [3.63, 3.8) is 0 Å². The van der Waals surface area contributed by atoms with Crippen molar-refractivity contribution in [1.82, 2.24) is 4.98 Å². The normalized spacial score (nSPS) is 9.30. The van der Waals surface area contributed by atoms with Crippen molar-refractivity contribution in [2.75, 3.05) is 0 Å². The molecule has 0 aromatic carbocycles. The molecule has 1 rings (SSSR count). The van der Waals surface area contributed by atoms with E-state index in [1.54, 1.807) is 18.3 Å². The highest BCUT2D eigenvalue weighted by atomic mass is 79.9. The molecule has 0 aliphatic carbocycles. The summed E-state index contributed by atoms with van der Waals surface area (Å²) in [6.07, 6.45) is 1.63. The van der Waals surface area contributed by atoms with Crippen LogP contribution in [0.4, 0.5) is 0 Å². The van der Waals surface area contributed by atoms with Gasteiger partial charge >= 0.3 is 0 Å². The molecule has 1 heterocycles. The SMILES string of the molecule is O=NCc1ccnc(Br)c1. The average molecular weight is 201 g/mol. The Bertz CT molecular complexity index is 239. The molecule has 0 fully saturated rings. The van der Waals surface area contributed by atoms with Gasteiger partial charge in [0.15, 0.2) is 0 Å². The lowest BCUT2D eigenvalue weighted by Gasteiger charge is -1.92. The summed E-state index contributed by atoms with van der Waals surface area (Å²) in [5.41, 5.74) is 0.872. The van der Waals surface area contributed by atoms with Crippen LogP contribution in [-0.4, -0.2) is 4.98 Å². The third-order valence-corrected chi connectivity index (χ3v) is 1.47. The number of aromatic nitrogens is 1. The van der Waals surface area contributed by atoms with Gasteiger partial charge in [0.1, 0.15) is 11.1 Å². The van der Waals surface area contributed by atoms with Crippen LogP contribution in [0.5, 0.6) is 0 Å². The first kappa shape index (κ1) is 7.34. The number of halogens is 1. The number of hydrogen-bond acceptors (Lipinski definition) is 3. The predicted octanol–water partition coefficient (Wildman–Crippen LogP) is 2.11. The maximum Gasteiger partial charge on any atom is 0.106 e. The zero-order chi connectivity index (χ0) is 7.40. The molecule has 3 nitrogen and oxygen atoms in total. The smallest absolute Gasteiger partial charge is 0.106 e. The minimum absolute atomic E-state index is 0.209. The van der Waals surface area contributed by atoms with Crippen molar-refractivity contribution >= 4 is 15.9 Å². The van der Waals surface area contributed by atoms with Gasteiger partial charge < -0.3 is 0 Å². The van der Waals surface area contributed by atoms with Gasteiger partial charge in [-0.25, -0.2) is 4.98 Å². The van der Waals surface area contributed by atoms with Crippen LogP contribution in [0.1, 0.15) is 5.56 Å². The molecular formula is C6H5BrN2O. The molecule has 0 bridgehead atoms. The molecule has 0 amide bonds. The van der Waals surface area contributed by atoms with E-state index < -0.39 is 0 Å². The standard InChI is InChI=1S/C6H5BrN2O/c7-6-3-5(4-9-10)1-2-8-6/h1-3H,4H2. The summed E-state index contributed by atoms with van der Waals surface area (Å²) < 4.78 is 0.730. The van der Waals surface area contributed by atoms with E-state index in [-0.39, 0.29) is 6.54 Å². The number of rotatable bonds is 2. The first-order valence-electron chi connectivity index (χ1n) is 2.72. The lowest BCUT2D eigenvalue weighted by atomic mass is 10.3. The Kier molecular flexibility index (Phi) is 2.50. The van der Waals surface area contributed by atoms with E-state index in [9.17, 15) is 4.91 Å². The quantitative estimate of drug-likeness (QED) is 0.543. The fourth-order valence-electron chi connectivity index (χ4n) is 0.615. The van der Waals surface area contributed by atoms with Crippen molar-refractivity contribution in [3.05, 3.63) is 33.4 Å². The van der Waals surface area contributed by atoms with Crippen molar-refractivity contribution in [1.29, 1.82) is 0 Å². The number of nitroso groups, excluding NO2 is 1. The summed E-state index contributed by atoms with van der Waals surface area (Å²) in [6.45, 7) is 0.209. The molecule has 0 spiro atoms. The van der Waals surface area contributed by atoms with Crippen LogP contribution in [0.15, 0.2) is 28.1 Å². The molecule has 0 unspecified atom stereocenters. The monoisotopic (exact) mass is 200 g/mol. The van der Waals surface area contributed by atoms with Gasteiger partial charge in [-0.3, -0.25) is 0 Å². The second kappa shape index (κ2) is 3.41. The fraction of sp³-hybridized carbons (Fsp3) is 0.167. The van der Waals surface area contributed by atoms with Gasteiger partial charge in [0.05, 0.1) is 0 Å². The molecule has 0 N–H and O–H groups in total. The Morgan fingerprint density at radius 3 is 3.10 bits per heavy atom. The molecule has 0 atom stereocenters. The van der Waals surface area contributed by atoms with Gasteiger partial charge in [-0.15, -0.1) is 0 Å². The van der Waals surface area contributed by atoms with Gasteiger partial charge in [0, 0.05) is 6.20 Å². The van der Waals surface area contributed by atoms with Gasteiger partial charge in [-0.05, 0) is 33.6 Å². The first-order chi connectivity index (χ1) is 4.83. The largest absolute Gasteiger partial charge is 0.249 e. The summed E-state index contributed by atoms with van der Waals surface area (Å²) in [4.78, 5) is 13.7. The van der Waals surface area contributed by atoms with Crippen LogP contribution in [0.25, 0.3) is 0 Å². The minimum Gasteiger partial charge on any atom is -0.249 e. The maximum atomic E-state index is 9.80. The molecule has 0 aliphatic rings. The van der Waals surface area contributed by atoms with Crippen LogP contribution in [0, 0.1) is 4.91 Å². The molecule has 0 aliphatic heterocycles. The van der Waals surface area contributed by atoms with Gasteiger partial charge in [-0.1, -0.05) is 5.18 Å². The topological polar surface area (TPSA) is 42.3 Å². The van der Waals surface area contributed by atoms with Crippen LogP contribution >= 0.6 is 15.9 Å². The van der Waals surface area contributed by atoms with E-state index in [2.05, 4.69) is 26.1 Å². The van der Waals surface area contributed by atoms with Gasteiger partial charge in [-0.2, -0.15) is 4.91 Å². The summed E-state index contributed by atoms with van der Waals surface area (Å²) in [5, 5.41) is 2.75. The molecule has 0 saturated carbocycles. The lowest BCUT2D eigenvalue weighted by Crippen LogP contribution is -1.81. The molecule has 1 aromatic rings. The zero-order valence-electron chi connectivity index (χ0n) is 5.12. The summed E-state index contributed by atoms with van der Waals surface area (Å²) >= 11 is 3.18. The van der Waals surface area contributed by atoms with E-state index in [1.165, 1.54) is 0 Å². The summed E-state index contributed by atoms with van der Waals surface area (Å²) in [6, 6.07) is 3.52. The average Bonchev–Trinajstić information content (AvgIpc) is 1.88. The van der Waals surface area contributed by atoms with Crippen LogP contribution in [0.2, 0.25) is 0 Å². The van der Waals surface area contributed by atoms with E-state index in [1.807, 2.05) is 0 Å². The summed E-state index contributed by atoms with van der Waals surface area (Å²) in [7, 11) is 0. The van der Waals surface area contributed by atoms with Crippen molar-refractivity contribution in [2.45, 2.75) is 6.54 Å². The molecule has 0 radical (unpaired) electrons. The van der Waals surface area contributed by atoms with Crippen LogP contribution < -0.4 is 0 Å². The van der Waals surface area contributed by atoms with Crippen LogP contribution in [0.3, 0.4) is 0 Å². The Hall–Kier alpha value is -0.770. The highest BCUT2D eigenvalue weighted by molar-refractivity contribution is 9.10. The third kappa shape index (κ3) is 1.88. The van der Waals surface area contributed by atoms with Gasteiger partial charge in [0.25, 0.3) is 0 Å². The van der Waals surface area contributed by atoms with Crippen molar-refractivity contribution in [2.24, 2.45) is 5.18 Å². The molecule has 0 saturated heterocycles. The second-order valence-electron chi connectivity index (χ2n) is 1.77. The van der Waals surface area contributed by atoms with Crippen LogP contribution in [-0.2, 0) is 6.54 Å². The fourth-order valence-corrected chi connectivity index (χ4v) is 1.03. The Morgan fingerprint density at radius 2 is 2.50 bits per heavy atom. The molecule has 52 valence electrons. The van der Waals surface area contributed by atoms with Crippen molar-refractivity contribution < 1.29 is 0 Å². The third-order valence-electron chi connectivity index (χ3n) is 1.04.